The second-order valence-corrected chi connectivity index (χ2v) is 2.98. The number of nitrogens with one attached hydrogen (secondary N) is 1. The summed E-state index contributed by atoms with van der Waals surface area (Å²) in [6.45, 7) is 0. The van der Waals surface area contributed by atoms with E-state index in [1.165, 1.54) is 0 Å². The smallest absolute Gasteiger partial charge is 0.383 e. The highest BCUT2D eigenvalue weighted by Crippen LogP contribution is 1.98. The molecule has 0 aromatic heterocycles. The lowest BCUT2D eigenvalue weighted by atomic mass is 10.3. The van der Waals surface area contributed by atoms with Gasteiger partial charge in [0.05, 0.1) is 6.42 Å². The Morgan fingerprint density at radius 1 is 1.31 bits per heavy atom. The summed E-state index contributed by atoms with van der Waals surface area (Å²) >= 11 is 0. The molecule has 4 N–H and O–H groups in total. The fourth-order valence-corrected chi connectivity index (χ4v) is 0.540. The Morgan fingerprint density at radius 3 is 1.77 bits per heavy atom. The van der Waals surface area contributed by atoms with Crippen LogP contribution in [0.15, 0.2) is 0 Å². The number of carbonyl (C=O) groups is 2. The molecule has 1 heterocycles. The number of aliphatic hydroxyl groups excluding tert-OH is 1. The molecule has 1 fully saturated rings. The Labute approximate surface area is 73.1 Å². The molecule has 8 nitrogen and oxygen atoms in total. The highest BCUT2D eigenvalue weighted by Gasteiger charge is 2.27. The van der Waals surface area contributed by atoms with E-state index in [1.807, 2.05) is 5.32 Å². The lowest BCUT2D eigenvalue weighted by Gasteiger charge is -1.88. The van der Waals surface area contributed by atoms with Crippen LogP contribution in [0.25, 0.3) is 0 Å². The molecule has 0 saturated carbocycles. The summed E-state index contributed by atoms with van der Waals surface area (Å²) in [6, 6.07) is 0. The molecule has 1 aliphatic heterocycles. The van der Waals surface area contributed by atoms with Gasteiger partial charge in [-0.3, -0.25) is 24.0 Å². The molecule has 0 bridgehead atoms. The molecule has 0 spiro atoms. The lowest BCUT2D eigenvalue weighted by Crippen LogP contribution is -2.24. The van der Waals surface area contributed by atoms with Gasteiger partial charge in [-0.05, 0) is 0 Å². The predicted octanol–water partition coefficient (Wildman–Crippen LogP) is -2.26. The molecule has 0 aromatic carbocycles. The SMILES string of the molecule is O=C1CC(O)C(=O)N1.O=S(=O)(O)O. The average Bonchev–Trinajstić information content (AvgIpc) is 2.05. The van der Waals surface area contributed by atoms with Crippen molar-refractivity contribution in [1.29, 1.82) is 0 Å². The van der Waals surface area contributed by atoms with Gasteiger partial charge in [-0.15, -0.1) is 0 Å². The van der Waals surface area contributed by atoms with Crippen molar-refractivity contribution in [3.63, 3.8) is 0 Å². The molecule has 1 atom stereocenters. The molecular formula is C4H7NO7S. The first-order valence-electron chi connectivity index (χ1n) is 2.92. The third-order valence-electron chi connectivity index (χ3n) is 0.944. The molecule has 1 saturated heterocycles. The number of imide groups is 1. The van der Waals surface area contributed by atoms with Gasteiger partial charge in [0.2, 0.25) is 5.91 Å². The van der Waals surface area contributed by atoms with Gasteiger partial charge >= 0.3 is 10.4 Å². The Morgan fingerprint density at radius 2 is 1.69 bits per heavy atom. The standard InChI is InChI=1S/C4H5NO3.H2O4S/c6-2-1-3(7)5-4(2)8;1-5(2,3)4/h2,6H,1H2,(H,5,7,8);(H2,1,2,3,4). The summed E-state index contributed by atoms with van der Waals surface area (Å²) in [4.78, 5) is 20.4. The van der Waals surface area contributed by atoms with E-state index in [0.717, 1.165) is 0 Å². The maximum atomic E-state index is 10.2. The van der Waals surface area contributed by atoms with Gasteiger partial charge in [-0.25, -0.2) is 0 Å². The van der Waals surface area contributed by atoms with Crippen LogP contribution in [0.2, 0.25) is 0 Å². The monoisotopic (exact) mass is 213 g/mol. The molecule has 76 valence electrons. The number of hydrogen-bond acceptors (Lipinski definition) is 5. The van der Waals surface area contributed by atoms with E-state index >= 15 is 0 Å². The second kappa shape index (κ2) is 4.28. The molecule has 13 heavy (non-hydrogen) atoms. The van der Waals surface area contributed by atoms with E-state index in [0.29, 0.717) is 0 Å². The zero-order valence-electron chi connectivity index (χ0n) is 6.17. The zero-order chi connectivity index (χ0) is 10.6. The fraction of sp³-hybridized carbons (Fsp3) is 0.500. The van der Waals surface area contributed by atoms with Crippen molar-refractivity contribution in [3.05, 3.63) is 0 Å². The quantitative estimate of drug-likeness (QED) is 0.263. The van der Waals surface area contributed by atoms with Crippen LogP contribution in [0.4, 0.5) is 0 Å². The first-order chi connectivity index (χ1) is 5.70. The Bertz CT molecular complexity index is 298. The van der Waals surface area contributed by atoms with Crippen molar-refractivity contribution in [2.45, 2.75) is 12.5 Å². The maximum absolute atomic E-state index is 10.2. The largest absolute Gasteiger partial charge is 0.394 e. The normalized spacial score (nSPS) is 21.9. The lowest BCUT2D eigenvalue weighted by molar-refractivity contribution is -0.127. The summed E-state index contributed by atoms with van der Waals surface area (Å²) in [5.74, 6) is -0.988. The molecule has 9 heteroatoms. The third kappa shape index (κ3) is 7.33. The van der Waals surface area contributed by atoms with Gasteiger partial charge in [0.25, 0.3) is 5.91 Å². The van der Waals surface area contributed by atoms with Crippen LogP contribution in [0, 0.1) is 0 Å². The van der Waals surface area contributed by atoms with Crippen LogP contribution in [0.3, 0.4) is 0 Å². The predicted molar refractivity (Wildman–Crippen MR) is 38.0 cm³/mol. The van der Waals surface area contributed by atoms with Crippen LogP contribution in [0.5, 0.6) is 0 Å². The van der Waals surface area contributed by atoms with Crippen LogP contribution in [-0.4, -0.2) is 40.5 Å². The minimum Gasteiger partial charge on any atom is -0.383 e. The summed E-state index contributed by atoms with van der Waals surface area (Å²) < 4.78 is 31.6. The number of rotatable bonds is 0. The van der Waals surface area contributed by atoms with Gasteiger partial charge in [-0.1, -0.05) is 0 Å². The van der Waals surface area contributed by atoms with E-state index in [1.54, 1.807) is 0 Å². The van der Waals surface area contributed by atoms with E-state index in [4.69, 9.17) is 22.6 Å². The Hall–Kier alpha value is -1.03. The Kier molecular flexibility index (Phi) is 3.94. The van der Waals surface area contributed by atoms with Gasteiger partial charge in [0.15, 0.2) is 0 Å². The number of hydrogen-bond donors (Lipinski definition) is 4. The Balaban J connectivity index is 0.000000252. The van der Waals surface area contributed by atoms with Crippen LogP contribution in [0.1, 0.15) is 6.42 Å². The molecular weight excluding hydrogens is 206 g/mol. The van der Waals surface area contributed by atoms with Crippen molar-refractivity contribution in [2.75, 3.05) is 0 Å². The topological polar surface area (TPSA) is 141 Å². The van der Waals surface area contributed by atoms with Crippen molar-refractivity contribution < 1.29 is 32.2 Å². The van der Waals surface area contributed by atoms with Crippen molar-refractivity contribution in [1.82, 2.24) is 5.32 Å². The number of carbonyl (C=O) groups excluding carboxylic acids is 2. The van der Waals surface area contributed by atoms with Crippen molar-refractivity contribution in [3.8, 4) is 0 Å². The summed E-state index contributed by atoms with van der Waals surface area (Å²) in [5.41, 5.74) is 0. The van der Waals surface area contributed by atoms with Gasteiger partial charge in [-0.2, -0.15) is 8.42 Å². The molecule has 0 aliphatic carbocycles. The molecule has 0 aromatic rings. The first kappa shape index (κ1) is 12.0. The first-order valence-corrected chi connectivity index (χ1v) is 4.31. The highest BCUT2D eigenvalue weighted by atomic mass is 32.3. The summed E-state index contributed by atoms with van der Waals surface area (Å²) in [7, 11) is -4.67. The van der Waals surface area contributed by atoms with E-state index in [9.17, 15) is 9.59 Å². The van der Waals surface area contributed by atoms with Gasteiger partial charge < -0.3 is 5.11 Å². The van der Waals surface area contributed by atoms with Crippen molar-refractivity contribution >= 4 is 22.2 Å². The third-order valence-corrected chi connectivity index (χ3v) is 0.944. The fourth-order valence-electron chi connectivity index (χ4n) is 0.540. The van der Waals surface area contributed by atoms with E-state index in [2.05, 4.69) is 0 Å². The second-order valence-electron chi connectivity index (χ2n) is 2.08. The van der Waals surface area contributed by atoms with Gasteiger partial charge in [0, 0.05) is 0 Å². The zero-order valence-corrected chi connectivity index (χ0v) is 6.98. The summed E-state index contributed by atoms with van der Waals surface area (Å²) in [5, 5.41) is 10.5. The van der Waals surface area contributed by atoms with Crippen LogP contribution >= 0.6 is 0 Å². The summed E-state index contributed by atoms with van der Waals surface area (Å²) in [6.07, 6.45) is -1.19. The van der Waals surface area contributed by atoms with E-state index < -0.39 is 28.3 Å². The molecule has 1 unspecified atom stereocenters. The molecule has 2 amide bonds. The number of aliphatic hydroxyl groups is 1. The minimum atomic E-state index is -4.67. The van der Waals surface area contributed by atoms with Crippen LogP contribution in [-0.2, 0) is 20.0 Å². The highest BCUT2D eigenvalue weighted by molar-refractivity contribution is 7.79. The molecule has 0 radical (unpaired) electrons. The average molecular weight is 213 g/mol. The van der Waals surface area contributed by atoms with Crippen LogP contribution < -0.4 is 5.32 Å². The molecule has 1 aliphatic rings. The molecule has 1 rings (SSSR count). The van der Waals surface area contributed by atoms with E-state index in [-0.39, 0.29) is 6.42 Å². The minimum absolute atomic E-state index is 0.0845. The number of amides is 2. The maximum Gasteiger partial charge on any atom is 0.394 e. The van der Waals surface area contributed by atoms with Gasteiger partial charge in [0.1, 0.15) is 6.10 Å². The van der Waals surface area contributed by atoms with Crippen molar-refractivity contribution in [2.24, 2.45) is 0 Å².